The first-order chi connectivity index (χ1) is 17.5. The maximum Gasteiger partial charge on any atom is 0.408 e. The van der Waals surface area contributed by atoms with Crippen LogP contribution < -0.4 is 10.6 Å². The van der Waals surface area contributed by atoms with Crippen molar-refractivity contribution in [2.24, 2.45) is 0 Å². The van der Waals surface area contributed by atoms with E-state index in [0.717, 1.165) is 16.7 Å². The minimum absolute atomic E-state index is 0.0803. The van der Waals surface area contributed by atoms with Gasteiger partial charge >= 0.3 is 12.1 Å². The maximum atomic E-state index is 13.2. The lowest BCUT2D eigenvalue weighted by molar-refractivity contribution is -0.145. The third-order valence-corrected chi connectivity index (χ3v) is 6.41. The number of esters is 1. The Bertz CT molecular complexity index is 1100. The predicted octanol–water partition coefficient (Wildman–Crippen LogP) is 4.12. The van der Waals surface area contributed by atoms with E-state index in [2.05, 4.69) is 10.6 Å². The lowest BCUT2D eigenvalue weighted by Gasteiger charge is -2.22. The molecule has 0 saturated heterocycles. The van der Waals surface area contributed by atoms with Gasteiger partial charge < -0.3 is 20.1 Å². The molecule has 0 aromatic heterocycles. The number of amides is 2. The van der Waals surface area contributed by atoms with E-state index in [-0.39, 0.29) is 13.0 Å². The first kappa shape index (κ1) is 26.8. The Morgan fingerprint density at radius 2 is 1.31 bits per heavy atom. The van der Waals surface area contributed by atoms with Crippen molar-refractivity contribution in [2.75, 3.05) is 12.9 Å². The Morgan fingerprint density at radius 3 is 1.89 bits per heavy atom. The highest BCUT2D eigenvalue weighted by Gasteiger charge is 2.28. The van der Waals surface area contributed by atoms with E-state index in [1.54, 1.807) is 0 Å². The maximum absolute atomic E-state index is 13.2. The third kappa shape index (κ3) is 9.11. The lowest BCUT2D eigenvalue weighted by Crippen LogP contribution is -2.53. The molecular weight excluding hydrogens is 476 g/mol. The van der Waals surface area contributed by atoms with Gasteiger partial charge in [-0.1, -0.05) is 91.0 Å². The number of hydrogen-bond donors (Lipinski definition) is 2. The highest BCUT2D eigenvalue weighted by Crippen LogP contribution is 2.14. The van der Waals surface area contributed by atoms with Crippen LogP contribution in [0.15, 0.2) is 91.0 Å². The molecule has 2 atom stereocenters. The molecule has 36 heavy (non-hydrogen) atoms. The van der Waals surface area contributed by atoms with Gasteiger partial charge in [-0.05, 0) is 16.7 Å². The molecule has 0 aliphatic carbocycles. The van der Waals surface area contributed by atoms with Crippen LogP contribution in [0.4, 0.5) is 4.79 Å². The summed E-state index contributed by atoms with van der Waals surface area (Å²) in [4.78, 5) is 38.1. The standard InChI is InChI=1S/C28H30N2O5S/c1-34-27(32)24(17-21-11-5-2-6-12-21)29-26(31)25(20-36-19-23-15-9-4-10-16-23)30-28(33)35-18-22-13-7-3-8-14-22/h2-16,24-25H,17-20H2,1H3,(H,29,31)(H,30,33)/t24-,25+/m1/s1. The first-order valence-electron chi connectivity index (χ1n) is 11.6. The van der Waals surface area contributed by atoms with E-state index in [1.165, 1.54) is 18.9 Å². The minimum Gasteiger partial charge on any atom is -0.467 e. The second-order valence-corrected chi connectivity index (χ2v) is 9.06. The van der Waals surface area contributed by atoms with Crippen molar-refractivity contribution in [1.29, 1.82) is 0 Å². The van der Waals surface area contributed by atoms with Crippen LogP contribution >= 0.6 is 11.8 Å². The average molecular weight is 507 g/mol. The molecule has 0 fully saturated rings. The molecule has 2 N–H and O–H groups in total. The van der Waals surface area contributed by atoms with Gasteiger partial charge in [0.25, 0.3) is 0 Å². The SMILES string of the molecule is COC(=O)[C@@H](Cc1ccccc1)NC(=O)[C@H](CSCc1ccccc1)NC(=O)OCc1ccccc1. The minimum atomic E-state index is -0.912. The van der Waals surface area contributed by atoms with E-state index < -0.39 is 30.1 Å². The summed E-state index contributed by atoms with van der Waals surface area (Å²) in [5, 5.41) is 5.40. The number of benzene rings is 3. The summed E-state index contributed by atoms with van der Waals surface area (Å²) in [5.74, 6) is -0.0935. The van der Waals surface area contributed by atoms with Gasteiger partial charge in [0.05, 0.1) is 7.11 Å². The largest absolute Gasteiger partial charge is 0.467 e. The molecule has 0 aliphatic heterocycles. The van der Waals surface area contributed by atoms with Crippen molar-refractivity contribution in [2.45, 2.75) is 30.9 Å². The van der Waals surface area contributed by atoms with Crippen LogP contribution in [0.5, 0.6) is 0 Å². The van der Waals surface area contributed by atoms with Crippen molar-refractivity contribution in [3.8, 4) is 0 Å². The number of carbonyl (C=O) groups is 3. The van der Waals surface area contributed by atoms with Gasteiger partial charge in [0.2, 0.25) is 5.91 Å². The molecular formula is C28H30N2O5S. The third-order valence-electron chi connectivity index (χ3n) is 5.30. The van der Waals surface area contributed by atoms with Gasteiger partial charge in [-0.2, -0.15) is 11.8 Å². The molecule has 0 aliphatic rings. The van der Waals surface area contributed by atoms with E-state index in [1.807, 2.05) is 91.0 Å². The fourth-order valence-electron chi connectivity index (χ4n) is 3.42. The summed E-state index contributed by atoms with van der Waals surface area (Å²) in [6.07, 6.45) is -0.446. The summed E-state index contributed by atoms with van der Waals surface area (Å²) >= 11 is 1.50. The first-order valence-corrected chi connectivity index (χ1v) is 12.7. The zero-order valence-electron chi connectivity index (χ0n) is 20.1. The lowest BCUT2D eigenvalue weighted by atomic mass is 10.1. The number of rotatable bonds is 12. The number of carbonyl (C=O) groups excluding carboxylic acids is 3. The Balaban J connectivity index is 1.65. The van der Waals surface area contributed by atoms with Crippen molar-refractivity contribution >= 4 is 29.7 Å². The van der Waals surface area contributed by atoms with Gasteiger partial charge in [-0.25, -0.2) is 9.59 Å². The van der Waals surface area contributed by atoms with Crippen molar-refractivity contribution in [3.63, 3.8) is 0 Å². The molecule has 0 bridgehead atoms. The summed E-state index contributed by atoms with van der Waals surface area (Å²) < 4.78 is 10.2. The topological polar surface area (TPSA) is 93.7 Å². The van der Waals surface area contributed by atoms with E-state index >= 15 is 0 Å². The van der Waals surface area contributed by atoms with Crippen LogP contribution in [0.25, 0.3) is 0 Å². The molecule has 8 heteroatoms. The fraction of sp³-hybridized carbons (Fsp3) is 0.250. The number of methoxy groups -OCH3 is 1. The Morgan fingerprint density at radius 1 is 0.750 bits per heavy atom. The Kier molecular flexibility index (Phi) is 10.9. The van der Waals surface area contributed by atoms with Gasteiger partial charge in [0.15, 0.2) is 0 Å². The van der Waals surface area contributed by atoms with Gasteiger partial charge in [0.1, 0.15) is 18.7 Å². The molecule has 3 aromatic rings. The average Bonchev–Trinajstić information content (AvgIpc) is 2.92. The molecule has 0 radical (unpaired) electrons. The van der Waals surface area contributed by atoms with Crippen LogP contribution in [0, 0.1) is 0 Å². The molecule has 3 rings (SSSR count). The van der Waals surface area contributed by atoms with E-state index in [9.17, 15) is 14.4 Å². The van der Waals surface area contributed by atoms with Crippen LogP contribution in [-0.4, -0.2) is 42.9 Å². The molecule has 0 unspecified atom stereocenters. The molecule has 188 valence electrons. The van der Waals surface area contributed by atoms with Crippen LogP contribution in [0.3, 0.4) is 0 Å². The van der Waals surface area contributed by atoms with Crippen molar-refractivity contribution in [1.82, 2.24) is 10.6 Å². The van der Waals surface area contributed by atoms with Gasteiger partial charge in [-0.3, -0.25) is 4.79 Å². The highest BCUT2D eigenvalue weighted by atomic mass is 32.2. The second-order valence-electron chi connectivity index (χ2n) is 8.03. The molecule has 0 heterocycles. The Hall–Kier alpha value is -3.78. The summed E-state index contributed by atoms with van der Waals surface area (Å²) in [6.45, 7) is 0.0803. The monoisotopic (exact) mass is 506 g/mol. The summed E-state index contributed by atoms with van der Waals surface area (Å²) in [6, 6.07) is 26.6. The van der Waals surface area contributed by atoms with Gasteiger partial charge in [0, 0.05) is 17.9 Å². The Labute approximate surface area is 215 Å². The van der Waals surface area contributed by atoms with Gasteiger partial charge in [-0.15, -0.1) is 0 Å². The number of thioether (sulfide) groups is 1. The van der Waals surface area contributed by atoms with Crippen LogP contribution in [0.2, 0.25) is 0 Å². The molecule has 3 aromatic carbocycles. The molecule has 7 nitrogen and oxygen atoms in total. The molecule has 0 spiro atoms. The van der Waals surface area contributed by atoms with Crippen molar-refractivity contribution < 1.29 is 23.9 Å². The summed E-state index contributed by atoms with van der Waals surface area (Å²) in [7, 11) is 1.28. The number of ether oxygens (including phenoxy) is 2. The van der Waals surface area contributed by atoms with Crippen LogP contribution in [0.1, 0.15) is 16.7 Å². The normalized spacial score (nSPS) is 12.1. The highest BCUT2D eigenvalue weighted by molar-refractivity contribution is 7.98. The number of nitrogens with one attached hydrogen (secondary N) is 2. The van der Waals surface area contributed by atoms with E-state index in [4.69, 9.17) is 9.47 Å². The zero-order chi connectivity index (χ0) is 25.6. The number of hydrogen-bond acceptors (Lipinski definition) is 6. The summed E-state index contributed by atoms with van der Waals surface area (Å²) in [5.41, 5.74) is 2.81. The number of alkyl carbamates (subject to hydrolysis) is 1. The van der Waals surface area contributed by atoms with E-state index in [0.29, 0.717) is 11.5 Å². The second kappa shape index (κ2) is 14.6. The fourth-order valence-corrected chi connectivity index (χ4v) is 4.43. The molecule has 0 saturated carbocycles. The quantitative estimate of drug-likeness (QED) is 0.359. The zero-order valence-corrected chi connectivity index (χ0v) is 20.9. The predicted molar refractivity (Wildman–Crippen MR) is 140 cm³/mol. The smallest absolute Gasteiger partial charge is 0.408 e. The molecule has 2 amide bonds. The van der Waals surface area contributed by atoms with Crippen molar-refractivity contribution in [3.05, 3.63) is 108 Å². The van der Waals surface area contributed by atoms with Crippen LogP contribution in [-0.2, 0) is 37.8 Å².